The first-order chi connectivity index (χ1) is 9.28. The van der Waals surface area contributed by atoms with Gasteiger partial charge in [-0.15, -0.1) is 0 Å². The van der Waals surface area contributed by atoms with Gasteiger partial charge in [-0.2, -0.15) is 13.2 Å². The van der Waals surface area contributed by atoms with Crippen molar-refractivity contribution in [2.75, 3.05) is 31.6 Å². The molecule has 0 saturated heterocycles. The number of hydrogen-bond acceptors (Lipinski definition) is 3. The van der Waals surface area contributed by atoms with Crippen molar-refractivity contribution in [2.24, 2.45) is 0 Å². The van der Waals surface area contributed by atoms with Gasteiger partial charge in [0.1, 0.15) is 6.54 Å². The van der Waals surface area contributed by atoms with Crippen LogP contribution in [-0.4, -0.2) is 38.0 Å². The first kappa shape index (κ1) is 17.3. The second-order valence-electron chi connectivity index (χ2n) is 4.47. The van der Waals surface area contributed by atoms with Gasteiger partial charge in [0.15, 0.2) is 0 Å². The first-order valence-electron chi connectivity index (χ1n) is 6.17. The Labute approximate surface area is 124 Å². The Hall–Kier alpha value is -0.790. The van der Waals surface area contributed by atoms with Crippen LogP contribution in [0.5, 0.6) is 0 Å². The SMILES string of the molecule is CNC(C)c1cc(Br)ccc1N(CCO)CC(F)(F)F. The van der Waals surface area contributed by atoms with Crippen molar-refractivity contribution < 1.29 is 18.3 Å². The molecule has 0 bridgehead atoms. The highest BCUT2D eigenvalue weighted by Crippen LogP contribution is 2.31. The van der Waals surface area contributed by atoms with E-state index in [2.05, 4.69) is 21.2 Å². The van der Waals surface area contributed by atoms with Crippen molar-refractivity contribution in [3.63, 3.8) is 0 Å². The van der Waals surface area contributed by atoms with E-state index in [0.29, 0.717) is 5.69 Å². The molecule has 7 heteroatoms. The largest absolute Gasteiger partial charge is 0.405 e. The molecule has 0 heterocycles. The van der Waals surface area contributed by atoms with Gasteiger partial charge in [0, 0.05) is 22.7 Å². The molecule has 0 saturated carbocycles. The maximum Gasteiger partial charge on any atom is 0.405 e. The smallest absolute Gasteiger partial charge is 0.395 e. The Morgan fingerprint density at radius 2 is 2.05 bits per heavy atom. The molecule has 20 heavy (non-hydrogen) atoms. The highest BCUT2D eigenvalue weighted by molar-refractivity contribution is 9.10. The molecule has 0 fully saturated rings. The lowest BCUT2D eigenvalue weighted by Crippen LogP contribution is -2.37. The topological polar surface area (TPSA) is 35.5 Å². The van der Waals surface area contributed by atoms with Crippen LogP contribution < -0.4 is 10.2 Å². The fourth-order valence-electron chi connectivity index (χ4n) is 1.94. The molecule has 1 rings (SSSR count). The van der Waals surface area contributed by atoms with Crippen molar-refractivity contribution in [3.8, 4) is 0 Å². The summed E-state index contributed by atoms with van der Waals surface area (Å²) < 4.78 is 38.8. The van der Waals surface area contributed by atoms with Gasteiger partial charge in [-0.05, 0) is 37.7 Å². The minimum Gasteiger partial charge on any atom is -0.395 e. The number of benzene rings is 1. The zero-order valence-corrected chi connectivity index (χ0v) is 12.9. The quantitative estimate of drug-likeness (QED) is 0.823. The van der Waals surface area contributed by atoms with E-state index in [1.54, 1.807) is 25.2 Å². The fraction of sp³-hybridized carbons (Fsp3) is 0.538. The molecular formula is C13H18BrF3N2O. The number of hydrogen-bond donors (Lipinski definition) is 2. The number of aliphatic hydroxyl groups is 1. The molecule has 0 aromatic heterocycles. The van der Waals surface area contributed by atoms with Crippen LogP contribution in [0.2, 0.25) is 0 Å². The van der Waals surface area contributed by atoms with Crippen LogP contribution in [0.25, 0.3) is 0 Å². The molecule has 0 spiro atoms. The number of rotatable bonds is 6. The lowest BCUT2D eigenvalue weighted by Gasteiger charge is -2.29. The number of anilines is 1. The third-order valence-electron chi connectivity index (χ3n) is 2.97. The summed E-state index contributed by atoms with van der Waals surface area (Å²) in [4.78, 5) is 1.15. The zero-order valence-electron chi connectivity index (χ0n) is 11.3. The molecule has 1 unspecified atom stereocenters. The van der Waals surface area contributed by atoms with Crippen LogP contribution in [-0.2, 0) is 0 Å². The molecule has 0 aliphatic heterocycles. The van der Waals surface area contributed by atoms with E-state index in [-0.39, 0.29) is 19.2 Å². The summed E-state index contributed by atoms with van der Waals surface area (Å²) in [6.07, 6.45) is -4.32. The van der Waals surface area contributed by atoms with Crippen molar-refractivity contribution in [1.29, 1.82) is 0 Å². The Morgan fingerprint density at radius 3 is 2.55 bits per heavy atom. The highest BCUT2D eigenvalue weighted by atomic mass is 79.9. The Kier molecular flexibility index (Phi) is 6.29. The van der Waals surface area contributed by atoms with Crippen LogP contribution in [0.3, 0.4) is 0 Å². The lowest BCUT2D eigenvalue weighted by atomic mass is 10.1. The third-order valence-corrected chi connectivity index (χ3v) is 3.46. The summed E-state index contributed by atoms with van der Waals surface area (Å²) >= 11 is 3.33. The van der Waals surface area contributed by atoms with E-state index in [0.717, 1.165) is 14.9 Å². The van der Waals surface area contributed by atoms with Gasteiger partial charge in [0.05, 0.1) is 6.61 Å². The van der Waals surface area contributed by atoms with E-state index in [1.807, 2.05) is 6.92 Å². The molecule has 0 aliphatic rings. The minimum atomic E-state index is -4.32. The molecule has 0 amide bonds. The lowest BCUT2D eigenvalue weighted by molar-refractivity contribution is -0.119. The van der Waals surface area contributed by atoms with Crippen molar-refractivity contribution >= 4 is 21.6 Å². The Morgan fingerprint density at radius 1 is 1.40 bits per heavy atom. The van der Waals surface area contributed by atoms with Crippen LogP contribution in [0.1, 0.15) is 18.5 Å². The van der Waals surface area contributed by atoms with Crippen LogP contribution >= 0.6 is 15.9 Å². The van der Waals surface area contributed by atoms with Gasteiger partial charge in [-0.1, -0.05) is 15.9 Å². The predicted octanol–water partition coefficient (Wildman–Crippen LogP) is 3.09. The fourth-order valence-corrected chi connectivity index (χ4v) is 2.32. The molecule has 1 aromatic rings. The van der Waals surface area contributed by atoms with E-state index in [9.17, 15) is 13.2 Å². The molecule has 3 nitrogen and oxygen atoms in total. The molecule has 2 N–H and O–H groups in total. The highest BCUT2D eigenvalue weighted by Gasteiger charge is 2.31. The molecule has 1 aromatic carbocycles. The van der Waals surface area contributed by atoms with Crippen LogP contribution in [0.4, 0.5) is 18.9 Å². The average molecular weight is 355 g/mol. The summed E-state index contributed by atoms with van der Waals surface area (Å²) in [6.45, 7) is 0.388. The predicted molar refractivity (Wildman–Crippen MR) is 77.0 cm³/mol. The van der Waals surface area contributed by atoms with Gasteiger partial charge >= 0.3 is 6.18 Å². The van der Waals surface area contributed by atoms with E-state index in [4.69, 9.17) is 5.11 Å². The summed E-state index contributed by atoms with van der Waals surface area (Å²) in [6, 6.07) is 5.02. The van der Waals surface area contributed by atoms with Crippen molar-refractivity contribution in [3.05, 3.63) is 28.2 Å². The maximum absolute atomic E-state index is 12.7. The second-order valence-corrected chi connectivity index (χ2v) is 5.39. The number of halogens is 4. The Balaban J connectivity index is 3.18. The molecule has 0 radical (unpaired) electrons. The van der Waals surface area contributed by atoms with Gasteiger partial charge in [0.25, 0.3) is 0 Å². The summed E-state index contributed by atoms with van der Waals surface area (Å²) in [7, 11) is 1.75. The summed E-state index contributed by atoms with van der Waals surface area (Å²) in [5.74, 6) is 0. The number of aliphatic hydroxyl groups excluding tert-OH is 1. The number of nitrogens with one attached hydrogen (secondary N) is 1. The second kappa shape index (κ2) is 7.28. The minimum absolute atomic E-state index is 0.0649. The molecule has 0 aliphatic carbocycles. The first-order valence-corrected chi connectivity index (χ1v) is 6.97. The van der Waals surface area contributed by atoms with Gasteiger partial charge < -0.3 is 15.3 Å². The summed E-state index contributed by atoms with van der Waals surface area (Å²) in [5.41, 5.74) is 1.22. The Bertz CT molecular complexity index is 440. The van der Waals surface area contributed by atoms with Gasteiger partial charge in [0.2, 0.25) is 0 Å². The van der Waals surface area contributed by atoms with Gasteiger partial charge in [-0.25, -0.2) is 0 Å². The van der Waals surface area contributed by atoms with Crippen LogP contribution in [0.15, 0.2) is 22.7 Å². The normalized spacial score (nSPS) is 13.3. The molecule has 114 valence electrons. The standard InChI is InChI=1S/C13H18BrF3N2O/c1-9(18-2)11-7-10(14)3-4-12(11)19(5-6-20)8-13(15,16)17/h3-4,7,9,18,20H,5-6,8H2,1-2H3. The van der Waals surface area contributed by atoms with E-state index in [1.165, 1.54) is 0 Å². The van der Waals surface area contributed by atoms with E-state index >= 15 is 0 Å². The van der Waals surface area contributed by atoms with Crippen molar-refractivity contribution in [2.45, 2.75) is 19.1 Å². The third kappa shape index (κ3) is 4.96. The zero-order chi connectivity index (χ0) is 15.3. The van der Waals surface area contributed by atoms with E-state index < -0.39 is 12.7 Å². The van der Waals surface area contributed by atoms with Gasteiger partial charge in [-0.3, -0.25) is 0 Å². The summed E-state index contributed by atoms with van der Waals surface area (Å²) in [5, 5.41) is 12.0. The number of alkyl halides is 3. The monoisotopic (exact) mass is 354 g/mol. The van der Waals surface area contributed by atoms with Crippen molar-refractivity contribution in [1.82, 2.24) is 5.32 Å². The van der Waals surface area contributed by atoms with Crippen LogP contribution in [0, 0.1) is 0 Å². The molecule has 1 atom stereocenters. The molecular weight excluding hydrogens is 337 g/mol. The maximum atomic E-state index is 12.7. The average Bonchev–Trinajstić information content (AvgIpc) is 2.35. The number of nitrogens with zero attached hydrogens (tertiary/aromatic N) is 1.